The molecule has 1 fully saturated rings. The van der Waals surface area contributed by atoms with Gasteiger partial charge in [-0.1, -0.05) is 35.9 Å². The highest BCUT2D eigenvalue weighted by Gasteiger charge is 2.41. The zero-order valence-corrected chi connectivity index (χ0v) is 19.8. The molecule has 3 rings (SSSR count). The van der Waals surface area contributed by atoms with Crippen molar-refractivity contribution < 1.29 is 23.9 Å². The molecule has 2 aromatic carbocycles. The summed E-state index contributed by atoms with van der Waals surface area (Å²) in [7, 11) is 0. The lowest BCUT2D eigenvalue weighted by Crippen LogP contribution is -2.42. The van der Waals surface area contributed by atoms with Crippen LogP contribution in [0.15, 0.2) is 51.8 Å². The first kappa shape index (κ1) is 23.1. The highest BCUT2D eigenvalue weighted by atomic mass is 79.9. The van der Waals surface area contributed by atoms with Crippen molar-refractivity contribution in [3.8, 4) is 5.75 Å². The predicted molar refractivity (Wildman–Crippen MR) is 124 cm³/mol. The molecule has 8 heteroatoms. The summed E-state index contributed by atoms with van der Waals surface area (Å²) < 4.78 is 11.5. The maximum Gasteiger partial charge on any atom is 0.329 e. The third kappa shape index (κ3) is 5.57. The van der Waals surface area contributed by atoms with Crippen LogP contribution >= 0.6 is 27.7 Å². The number of ether oxygens (including phenoxy) is 2. The number of benzene rings is 2. The maximum atomic E-state index is 12.7. The Hall–Kier alpha value is -2.58. The molecule has 0 bridgehead atoms. The van der Waals surface area contributed by atoms with Gasteiger partial charge >= 0.3 is 5.97 Å². The fraction of sp³-hybridized carbons (Fsp3) is 0.261. The topological polar surface area (TPSA) is 72.9 Å². The van der Waals surface area contributed by atoms with E-state index in [1.807, 2.05) is 31.2 Å². The van der Waals surface area contributed by atoms with E-state index < -0.39 is 23.2 Å². The standard InChI is InChI=1S/C23H22BrNO5S/c1-4-29-22(27)15(3)25-21(26)20(31-23(25)28)12-16-8-9-19(18(24)11-16)30-13-17-7-5-6-14(2)10-17/h5-12,15H,4,13H2,1-3H3/b20-12+/t15-/m1/s1. The third-order valence-corrected chi connectivity index (χ3v) is 6.07. The smallest absolute Gasteiger partial charge is 0.329 e. The van der Waals surface area contributed by atoms with Gasteiger partial charge in [0.15, 0.2) is 0 Å². The molecule has 162 valence electrons. The molecule has 2 aromatic rings. The molecular formula is C23H22BrNO5S. The monoisotopic (exact) mass is 503 g/mol. The quantitative estimate of drug-likeness (QED) is 0.375. The van der Waals surface area contributed by atoms with E-state index >= 15 is 0 Å². The van der Waals surface area contributed by atoms with Crippen LogP contribution in [0.4, 0.5) is 4.79 Å². The van der Waals surface area contributed by atoms with Crippen LogP contribution in [0.1, 0.15) is 30.5 Å². The van der Waals surface area contributed by atoms with E-state index in [1.54, 1.807) is 25.1 Å². The number of nitrogens with zero attached hydrogens (tertiary/aromatic N) is 1. The fourth-order valence-electron chi connectivity index (χ4n) is 3.02. The number of esters is 1. The number of carbonyl (C=O) groups excluding carboxylic acids is 3. The Morgan fingerprint density at radius 2 is 2.00 bits per heavy atom. The summed E-state index contributed by atoms with van der Waals surface area (Å²) in [5.41, 5.74) is 2.96. The first-order valence-corrected chi connectivity index (χ1v) is 11.3. The molecule has 6 nitrogen and oxygen atoms in total. The minimum absolute atomic E-state index is 0.182. The molecule has 0 saturated carbocycles. The van der Waals surface area contributed by atoms with Gasteiger partial charge < -0.3 is 9.47 Å². The highest BCUT2D eigenvalue weighted by Crippen LogP contribution is 2.35. The number of amides is 2. The number of hydrogen-bond acceptors (Lipinski definition) is 6. The molecule has 1 aliphatic heterocycles. The van der Waals surface area contributed by atoms with Crippen LogP contribution < -0.4 is 4.74 Å². The van der Waals surface area contributed by atoms with Crippen molar-refractivity contribution in [2.24, 2.45) is 0 Å². The van der Waals surface area contributed by atoms with Gasteiger partial charge in [-0.25, -0.2) is 4.79 Å². The van der Waals surface area contributed by atoms with Crippen LogP contribution in [0, 0.1) is 6.92 Å². The van der Waals surface area contributed by atoms with E-state index in [9.17, 15) is 14.4 Å². The molecule has 1 atom stereocenters. The fourth-order valence-corrected chi connectivity index (χ4v) is 4.44. The first-order chi connectivity index (χ1) is 14.8. The Labute approximate surface area is 193 Å². The van der Waals surface area contributed by atoms with Crippen LogP contribution in [-0.4, -0.2) is 34.7 Å². The van der Waals surface area contributed by atoms with Crippen LogP contribution in [0.5, 0.6) is 5.75 Å². The van der Waals surface area contributed by atoms with Crippen molar-refractivity contribution in [1.29, 1.82) is 0 Å². The van der Waals surface area contributed by atoms with Crippen LogP contribution in [0.2, 0.25) is 0 Å². The summed E-state index contributed by atoms with van der Waals surface area (Å²) in [6, 6.07) is 12.5. The summed E-state index contributed by atoms with van der Waals surface area (Å²) >= 11 is 4.30. The molecule has 0 aromatic heterocycles. The minimum atomic E-state index is -0.970. The average Bonchev–Trinajstić information content (AvgIpc) is 3.00. The Morgan fingerprint density at radius 1 is 1.23 bits per heavy atom. The molecule has 0 aliphatic carbocycles. The maximum absolute atomic E-state index is 12.7. The van der Waals surface area contributed by atoms with Gasteiger partial charge in [0.2, 0.25) is 0 Å². The minimum Gasteiger partial charge on any atom is -0.488 e. The number of halogens is 1. The van der Waals surface area contributed by atoms with E-state index in [0.29, 0.717) is 12.4 Å². The first-order valence-electron chi connectivity index (χ1n) is 9.71. The molecule has 1 saturated heterocycles. The van der Waals surface area contributed by atoms with Gasteiger partial charge in [-0.3, -0.25) is 14.5 Å². The Bertz CT molecular complexity index is 1050. The molecule has 1 heterocycles. The lowest BCUT2D eigenvalue weighted by Gasteiger charge is -2.19. The van der Waals surface area contributed by atoms with Gasteiger partial charge in [-0.2, -0.15) is 0 Å². The van der Waals surface area contributed by atoms with Crippen molar-refractivity contribution in [3.63, 3.8) is 0 Å². The zero-order valence-electron chi connectivity index (χ0n) is 17.4. The van der Waals surface area contributed by atoms with Crippen LogP contribution in [0.25, 0.3) is 6.08 Å². The SMILES string of the molecule is CCOC(=O)[C@@H](C)N1C(=O)S/C(=C/c2ccc(OCc3cccc(C)c3)c(Br)c2)C1=O. The summed E-state index contributed by atoms with van der Waals surface area (Å²) in [5, 5.41) is -0.492. The number of aryl methyl sites for hydroxylation is 1. The molecule has 0 unspecified atom stereocenters. The largest absolute Gasteiger partial charge is 0.488 e. The lowest BCUT2D eigenvalue weighted by atomic mass is 10.1. The number of thioether (sulfide) groups is 1. The second-order valence-corrected chi connectivity index (χ2v) is 8.79. The van der Waals surface area contributed by atoms with E-state index in [-0.39, 0.29) is 11.5 Å². The summed E-state index contributed by atoms with van der Waals surface area (Å²) in [6.07, 6.45) is 1.62. The van der Waals surface area contributed by atoms with Crippen molar-refractivity contribution >= 4 is 50.9 Å². The molecule has 1 aliphatic rings. The molecule has 0 radical (unpaired) electrons. The summed E-state index contributed by atoms with van der Waals surface area (Å²) in [5.74, 6) is -0.446. The third-order valence-electron chi connectivity index (χ3n) is 4.57. The van der Waals surface area contributed by atoms with Crippen molar-refractivity contribution in [1.82, 2.24) is 4.90 Å². The Balaban J connectivity index is 1.72. The summed E-state index contributed by atoms with van der Waals surface area (Å²) in [6.45, 7) is 5.80. The van der Waals surface area contributed by atoms with Crippen molar-refractivity contribution in [3.05, 3.63) is 68.5 Å². The number of hydrogen-bond donors (Lipinski definition) is 0. The number of rotatable bonds is 7. The lowest BCUT2D eigenvalue weighted by molar-refractivity contribution is -0.150. The van der Waals surface area contributed by atoms with Crippen molar-refractivity contribution in [2.45, 2.75) is 33.4 Å². The number of imide groups is 1. The number of carbonyl (C=O) groups is 3. The molecule has 0 N–H and O–H groups in total. The molecule has 0 spiro atoms. The van der Waals surface area contributed by atoms with Gasteiger partial charge in [0, 0.05) is 0 Å². The van der Waals surface area contributed by atoms with E-state index in [0.717, 1.165) is 32.3 Å². The predicted octanol–water partition coefficient (Wildman–Crippen LogP) is 5.32. The van der Waals surface area contributed by atoms with E-state index in [1.165, 1.54) is 12.5 Å². The molecule has 2 amide bonds. The second kappa shape index (κ2) is 10.2. The van der Waals surface area contributed by atoms with Crippen LogP contribution in [0.3, 0.4) is 0 Å². The molecular weight excluding hydrogens is 482 g/mol. The normalized spacial score (nSPS) is 16.0. The highest BCUT2D eigenvalue weighted by molar-refractivity contribution is 9.10. The van der Waals surface area contributed by atoms with Crippen molar-refractivity contribution in [2.75, 3.05) is 6.61 Å². The summed E-state index contributed by atoms with van der Waals surface area (Å²) in [4.78, 5) is 38.1. The van der Waals surface area contributed by atoms with E-state index in [2.05, 4.69) is 22.0 Å². The second-order valence-electron chi connectivity index (χ2n) is 6.95. The van der Waals surface area contributed by atoms with Gasteiger partial charge in [0.1, 0.15) is 18.4 Å². The van der Waals surface area contributed by atoms with Gasteiger partial charge in [-0.05, 0) is 77.8 Å². The Kier molecular flexibility index (Phi) is 7.56. The van der Waals surface area contributed by atoms with Crippen LogP contribution in [-0.2, 0) is 20.9 Å². The zero-order chi connectivity index (χ0) is 22.5. The Morgan fingerprint density at radius 3 is 2.68 bits per heavy atom. The van der Waals surface area contributed by atoms with Gasteiger partial charge in [-0.15, -0.1) is 0 Å². The molecule has 31 heavy (non-hydrogen) atoms. The van der Waals surface area contributed by atoms with Gasteiger partial charge in [0.25, 0.3) is 11.1 Å². The van der Waals surface area contributed by atoms with Gasteiger partial charge in [0.05, 0.1) is 16.0 Å². The van der Waals surface area contributed by atoms with E-state index in [4.69, 9.17) is 9.47 Å². The average molecular weight is 504 g/mol.